The van der Waals surface area contributed by atoms with Crippen LogP contribution in [0.4, 0.5) is 17.3 Å². The number of H-pyrrole nitrogens is 2. The second-order valence-electron chi connectivity index (χ2n) is 4.85. The van der Waals surface area contributed by atoms with E-state index in [1.54, 1.807) is 18.2 Å². The Morgan fingerprint density at radius 1 is 1.08 bits per heavy atom. The van der Waals surface area contributed by atoms with Crippen LogP contribution in [-0.2, 0) is 6.42 Å². The van der Waals surface area contributed by atoms with Crippen molar-refractivity contribution in [3.05, 3.63) is 66.0 Å². The SMILES string of the molecule is CCc1cc[nH]c1N=Nc1ccc[nH]1.Nc1ccccc1C(=O)O. The molecular weight excluding hydrogens is 306 g/mol. The number of hydrogen-bond acceptors (Lipinski definition) is 4. The Bertz CT molecular complexity index is 806. The number of nitrogen functional groups attached to an aromatic ring is 1. The number of benzene rings is 1. The zero-order valence-corrected chi connectivity index (χ0v) is 13.2. The molecule has 5 N–H and O–H groups in total. The highest BCUT2D eigenvalue weighted by molar-refractivity contribution is 5.93. The van der Waals surface area contributed by atoms with Gasteiger partial charge >= 0.3 is 5.97 Å². The zero-order chi connectivity index (χ0) is 17.4. The number of aromatic carboxylic acids is 1. The molecule has 0 saturated carbocycles. The summed E-state index contributed by atoms with van der Waals surface area (Å²) in [6.07, 6.45) is 4.66. The Kier molecular flexibility index (Phi) is 5.90. The molecule has 1 aromatic carbocycles. The fraction of sp³-hybridized carbons (Fsp3) is 0.118. The van der Waals surface area contributed by atoms with E-state index in [0.29, 0.717) is 5.69 Å². The number of aromatic nitrogens is 2. The first-order valence-electron chi connectivity index (χ1n) is 7.41. The molecule has 3 aromatic rings. The molecule has 0 atom stereocenters. The van der Waals surface area contributed by atoms with Gasteiger partial charge in [-0.25, -0.2) is 4.79 Å². The summed E-state index contributed by atoms with van der Waals surface area (Å²) in [6.45, 7) is 2.09. The number of para-hydroxylation sites is 1. The molecular formula is C17H19N5O2. The van der Waals surface area contributed by atoms with Gasteiger partial charge in [0.1, 0.15) is 0 Å². The van der Waals surface area contributed by atoms with Gasteiger partial charge in [-0.15, -0.1) is 10.2 Å². The summed E-state index contributed by atoms with van der Waals surface area (Å²) in [5.41, 5.74) is 6.98. The van der Waals surface area contributed by atoms with Crippen LogP contribution in [-0.4, -0.2) is 21.0 Å². The van der Waals surface area contributed by atoms with Gasteiger partial charge in [0.15, 0.2) is 11.6 Å². The minimum atomic E-state index is -0.988. The minimum Gasteiger partial charge on any atom is -0.478 e. The fourth-order valence-corrected chi connectivity index (χ4v) is 1.95. The van der Waals surface area contributed by atoms with Crippen molar-refractivity contribution in [2.24, 2.45) is 10.2 Å². The van der Waals surface area contributed by atoms with Crippen LogP contribution in [0, 0.1) is 0 Å². The van der Waals surface area contributed by atoms with E-state index in [4.69, 9.17) is 10.8 Å². The molecule has 7 heteroatoms. The van der Waals surface area contributed by atoms with Crippen molar-refractivity contribution in [3.63, 3.8) is 0 Å². The number of carboxylic acids is 1. The number of nitrogens with two attached hydrogens (primary N) is 1. The number of nitrogens with zero attached hydrogens (tertiary/aromatic N) is 2. The average Bonchev–Trinajstić information content (AvgIpc) is 3.25. The van der Waals surface area contributed by atoms with E-state index in [0.717, 1.165) is 18.1 Å². The molecule has 0 spiro atoms. The molecule has 0 unspecified atom stereocenters. The van der Waals surface area contributed by atoms with E-state index in [9.17, 15) is 4.79 Å². The number of aromatic amines is 2. The minimum absolute atomic E-state index is 0.155. The average molecular weight is 325 g/mol. The van der Waals surface area contributed by atoms with E-state index in [1.807, 2.05) is 30.6 Å². The lowest BCUT2D eigenvalue weighted by Gasteiger charge is -1.96. The number of rotatable bonds is 4. The van der Waals surface area contributed by atoms with E-state index in [1.165, 1.54) is 11.6 Å². The molecule has 0 aliphatic carbocycles. The van der Waals surface area contributed by atoms with Gasteiger partial charge in [0.2, 0.25) is 0 Å². The van der Waals surface area contributed by atoms with Crippen LogP contribution in [0.3, 0.4) is 0 Å². The molecule has 0 fully saturated rings. The Balaban J connectivity index is 0.000000185. The lowest BCUT2D eigenvalue weighted by atomic mass is 10.2. The molecule has 3 rings (SSSR count). The van der Waals surface area contributed by atoms with Gasteiger partial charge in [0, 0.05) is 18.1 Å². The van der Waals surface area contributed by atoms with E-state index >= 15 is 0 Å². The molecule has 2 heterocycles. The predicted octanol–water partition coefficient (Wildman–Crippen LogP) is 4.29. The van der Waals surface area contributed by atoms with Gasteiger partial charge < -0.3 is 20.8 Å². The van der Waals surface area contributed by atoms with Crippen molar-refractivity contribution in [2.45, 2.75) is 13.3 Å². The molecule has 7 nitrogen and oxygen atoms in total. The molecule has 2 aromatic heterocycles. The summed E-state index contributed by atoms with van der Waals surface area (Å²) in [4.78, 5) is 16.3. The molecule has 0 bridgehead atoms. The van der Waals surface area contributed by atoms with Gasteiger partial charge in [-0.1, -0.05) is 19.1 Å². The van der Waals surface area contributed by atoms with Crippen LogP contribution in [0.15, 0.2) is 65.1 Å². The normalized spacial score (nSPS) is 10.4. The van der Waals surface area contributed by atoms with Crippen molar-refractivity contribution < 1.29 is 9.90 Å². The van der Waals surface area contributed by atoms with Crippen LogP contribution in [0.1, 0.15) is 22.8 Å². The summed E-state index contributed by atoms with van der Waals surface area (Å²) in [7, 11) is 0. The quantitative estimate of drug-likeness (QED) is 0.423. The largest absolute Gasteiger partial charge is 0.478 e. The Labute approximate surface area is 139 Å². The summed E-state index contributed by atoms with van der Waals surface area (Å²) in [6, 6.07) is 12.1. The number of azo groups is 1. The number of aryl methyl sites for hydroxylation is 1. The summed E-state index contributed by atoms with van der Waals surface area (Å²) in [5.74, 6) is 0.613. The van der Waals surface area contributed by atoms with Crippen LogP contribution >= 0.6 is 0 Å². The smallest absolute Gasteiger partial charge is 0.337 e. The van der Waals surface area contributed by atoms with Crippen molar-refractivity contribution in [3.8, 4) is 0 Å². The number of carboxylic acid groups (broad SMARTS) is 1. The van der Waals surface area contributed by atoms with Crippen molar-refractivity contribution >= 4 is 23.3 Å². The third-order valence-electron chi connectivity index (χ3n) is 3.22. The summed E-state index contributed by atoms with van der Waals surface area (Å²) >= 11 is 0. The topological polar surface area (TPSA) is 120 Å². The highest BCUT2D eigenvalue weighted by Gasteiger charge is 2.03. The molecule has 0 aliphatic heterocycles. The molecule has 0 aliphatic rings. The van der Waals surface area contributed by atoms with Crippen molar-refractivity contribution in [1.82, 2.24) is 9.97 Å². The van der Waals surface area contributed by atoms with Gasteiger partial charge in [-0.2, -0.15) is 0 Å². The van der Waals surface area contributed by atoms with Gasteiger partial charge in [-0.3, -0.25) is 0 Å². The van der Waals surface area contributed by atoms with Crippen molar-refractivity contribution in [2.75, 3.05) is 5.73 Å². The van der Waals surface area contributed by atoms with E-state index in [-0.39, 0.29) is 5.56 Å². The monoisotopic (exact) mass is 325 g/mol. The fourth-order valence-electron chi connectivity index (χ4n) is 1.95. The van der Waals surface area contributed by atoms with Crippen LogP contribution < -0.4 is 5.73 Å². The Hall–Kier alpha value is -3.35. The molecule has 0 saturated heterocycles. The third-order valence-corrected chi connectivity index (χ3v) is 3.22. The van der Waals surface area contributed by atoms with Crippen molar-refractivity contribution in [1.29, 1.82) is 0 Å². The summed E-state index contributed by atoms with van der Waals surface area (Å²) in [5, 5.41) is 16.7. The predicted molar refractivity (Wildman–Crippen MR) is 93.0 cm³/mol. The first-order chi connectivity index (χ1) is 11.6. The summed E-state index contributed by atoms with van der Waals surface area (Å²) < 4.78 is 0. The molecule has 0 radical (unpaired) electrons. The Morgan fingerprint density at radius 2 is 1.88 bits per heavy atom. The maximum absolute atomic E-state index is 10.3. The second-order valence-corrected chi connectivity index (χ2v) is 4.85. The maximum atomic E-state index is 10.3. The standard InChI is InChI=1S/C10H12N4.C7H7NO2/c1-2-8-5-7-12-10(8)14-13-9-4-3-6-11-9;8-6-4-2-1-3-5(6)7(9)10/h3-7,11-12H,2H2,1H3;1-4H,8H2,(H,9,10). The molecule has 24 heavy (non-hydrogen) atoms. The van der Waals surface area contributed by atoms with Crippen LogP contribution in [0.2, 0.25) is 0 Å². The number of nitrogens with one attached hydrogen (secondary N) is 2. The van der Waals surface area contributed by atoms with Gasteiger partial charge in [0.05, 0.1) is 5.56 Å². The van der Waals surface area contributed by atoms with Crippen LogP contribution in [0.5, 0.6) is 0 Å². The van der Waals surface area contributed by atoms with E-state index < -0.39 is 5.97 Å². The molecule has 124 valence electrons. The lowest BCUT2D eigenvalue weighted by Crippen LogP contribution is -2.00. The first-order valence-corrected chi connectivity index (χ1v) is 7.41. The lowest BCUT2D eigenvalue weighted by molar-refractivity contribution is 0.0698. The van der Waals surface area contributed by atoms with Gasteiger partial charge in [0.25, 0.3) is 0 Å². The first kappa shape index (κ1) is 17.0. The third kappa shape index (κ3) is 4.57. The maximum Gasteiger partial charge on any atom is 0.337 e. The van der Waals surface area contributed by atoms with Crippen LogP contribution in [0.25, 0.3) is 0 Å². The molecule has 0 amide bonds. The number of hydrogen-bond donors (Lipinski definition) is 4. The number of carbonyl (C=O) groups is 1. The van der Waals surface area contributed by atoms with Gasteiger partial charge in [-0.05, 0) is 42.3 Å². The Morgan fingerprint density at radius 3 is 2.46 bits per heavy atom. The van der Waals surface area contributed by atoms with E-state index in [2.05, 4.69) is 27.1 Å². The highest BCUT2D eigenvalue weighted by Crippen LogP contribution is 2.19. The number of anilines is 1. The zero-order valence-electron chi connectivity index (χ0n) is 13.2. The second kappa shape index (κ2) is 8.33. The highest BCUT2D eigenvalue weighted by atomic mass is 16.4.